The van der Waals surface area contributed by atoms with Crippen molar-refractivity contribution in [1.82, 2.24) is 14.8 Å². The van der Waals surface area contributed by atoms with Crippen LogP contribution in [0.5, 0.6) is 5.75 Å². The monoisotopic (exact) mass is 371 g/mol. The Morgan fingerprint density at radius 1 is 1.15 bits per heavy atom. The highest BCUT2D eigenvalue weighted by atomic mass is 32.1. The van der Waals surface area contributed by atoms with E-state index >= 15 is 0 Å². The van der Waals surface area contributed by atoms with Crippen molar-refractivity contribution in [2.75, 3.05) is 26.2 Å². The minimum atomic E-state index is 0.151. The van der Waals surface area contributed by atoms with E-state index in [4.69, 9.17) is 4.74 Å². The Balaban J connectivity index is 1.35. The Bertz CT molecular complexity index is 711. The Kier molecular flexibility index (Phi) is 5.51. The first kappa shape index (κ1) is 17.5. The first-order chi connectivity index (χ1) is 12.8. The molecule has 0 unspecified atom stereocenters. The number of nitrogens with zero attached hydrogens (tertiary/aromatic N) is 3. The molecule has 0 saturated carbocycles. The lowest BCUT2D eigenvalue weighted by molar-refractivity contribution is 0.0708. The van der Waals surface area contributed by atoms with Gasteiger partial charge in [-0.25, -0.2) is 4.98 Å². The van der Waals surface area contributed by atoms with Crippen molar-refractivity contribution < 1.29 is 9.53 Å². The molecular formula is C20H25N3O2S. The van der Waals surface area contributed by atoms with Crippen LogP contribution in [0.1, 0.15) is 41.7 Å². The summed E-state index contributed by atoms with van der Waals surface area (Å²) in [7, 11) is 0. The van der Waals surface area contributed by atoms with Crippen molar-refractivity contribution in [3.63, 3.8) is 0 Å². The van der Waals surface area contributed by atoms with Crippen LogP contribution in [0.15, 0.2) is 35.2 Å². The van der Waals surface area contributed by atoms with E-state index in [1.54, 1.807) is 16.8 Å². The van der Waals surface area contributed by atoms with Crippen molar-refractivity contribution in [1.29, 1.82) is 0 Å². The molecule has 4 rings (SSSR count). The molecule has 138 valence electrons. The van der Waals surface area contributed by atoms with Crippen LogP contribution in [-0.4, -0.2) is 52.9 Å². The number of amides is 1. The molecule has 2 saturated heterocycles. The summed E-state index contributed by atoms with van der Waals surface area (Å²) < 4.78 is 5.73. The number of hydrogen-bond acceptors (Lipinski definition) is 5. The van der Waals surface area contributed by atoms with Gasteiger partial charge in [-0.3, -0.25) is 4.79 Å². The maximum absolute atomic E-state index is 12.9. The summed E-state index contributed by atoms with van der Waals surface area (Å²) in [5, 5.41) is 1.98. The van der Waals surface area contributed by atoms with Crippen molar-refractivity contribution >= 4 is 17.2 Å². The number of likely N-dealkylation sites (tertiary alicyclic amines) is 2. The highest BCUT2D eigenvalue weighted by Crippen LogP contribution is 2.23. The topological polar surface area (TPSA) is 45.7 Å². The average Bonchev–Trinajstić information content (AvgIpc) is 3.43. The van der Waals surface area contributed by atoms with Crippen molar-refractivity contribution in [3.8, 4) is 5.75 Å². The number of hydrogen-bond donors (Lipinski definition) is 0. The maximum atomic E-state index is 12.9. The highest BCUT2D eigenvalue weighted by molar-refractivity contribution is 7.07. The number of rotatable bonds is 6. The van der Waals surface area contributed by atoms with Crippen molar-refractivity contribution in [2.24, 2.45) is 0 Å². The number of carbonyl (C=O) groups excluding carboxylic acids is 1. The van der Waals surface area contributed by atoms with Gasteiger partial charge in [-0.05, 0) is 63.0 Å². The summed E-state index contributed by atoms with van der Waals surface area (Å²) in [4.78, 5) is 21.7. The van der Waals surface area contributed by atoms with E-state index in [0.717, 1.165) is 42.9 Å². The fourth-order valence-electron chi connectivity index (χ4n) is 3.88. The summed E-state index contributed by atoms with van der Waals surface area (Å²) in [6, 6.07) is 7.88. The third-order valence-electron chi connectivity index (χ3n) is 5.28. The molecule has 2 aliphatic rings. The second kappa shape index (κ2) is 8.18. The third kappa shape index (κ3) is 4.07. The summed E-state index contributed by atoms with van der Waals surface area (Å²) in [6.07, 6.45) is 4.82. The Labute approximate surface area is 158 Å². The number of ether oxygens (including phenoxy) is 1. The SMILES string of the molecule is O=C(c1ccc(OCc2cscn2)cc1)N1CCC[C@H]1CN1CCCC1. The fourth-order valence-corrected chi connectivity index (χ4v) is 4.42. The number of carbonyl (C=O) groups is 1. The van der Waals surface area contributed by atoms with Gasteiger partial charge in [-0.2, -0.15) is 0 Å². The average molecular weight is 372 g/mol. The molecule has 1 atom stereocenters. The largest absolute Gasteiger partial charge is 0.487 e. The molecule has 5 nitrogen and oxygen atoms in total. The number of benzene rings is 1. The molecule has 2 aliphatic heterocycles. The lowest BCUT2D eigenvalue weighted by Gasteiger charge is -2.28. The summed E-state index contributed by atoms with van der Waals surface area (Å²) in [5.41, 5.74) is 3.48. The van der Waals surface area contributed by atoms with Gasteiger partial charge in [0.2, 0.25) is 0 Å². The fraction of sp³-hybridized carbons (Fsp3) is 0.500. The zero-order valence-electron chi connectivity index (χ0n) is 15.0. The normalized spacial score (nSPS) is 20.6. The molecular weight excluding hydrogens is 346 g/mol. The summed E-state index contributed by atoms with van der Waals surface area (Å²) in [6.45, 7) is 4.73. The minimum absolute atomic E-state index is 0.151. The van der Waals surface area contributed by atoms with Gasteiger partial charge < -0.3 is 14.5 Å². The predicted octanol–water partition coefficient (Wildman–Crippen LogP) is 3.42. The van der Waals surface area contributed by atoms with Crippen LogP contribution in [0.25, 0.3) is 0 Å². The molecule has 26 heavy (non-hydrogen) atoms. The van der Waals surface area contributed by atoms with E-state index < -0.39 is 0 Å². The standard InChI is InChI=1S/C20H25N3O2S/c24-20(23-11-3-4-18(23)12-22-9-1-2-10-22)16-5-7-19(8-6-16)25-13-17-14-26-15-21-17/h5-8,14-15,18H,1-4,9-13H2/t18-/m0/s1. The molecule has 0 N–H and O–H groups in total. The number of aromatic nitrogens is 1. The third-order valence-corrected chi connectivity index (χ3v) is 5.91. The first-order valence-corrected chi connectivity index (χ1v) is 10.4. The van der Waals surface area contributed by atoms with E-state index in [9.17, 15) is 4.79 Å². The van der Waals surface area contributed by atoms with Crippen LogP contribution in [0.3, 0.4) is 0 Å². The van der Waals surface area contributed by atoms with Gasteiger partial charge >= 0.3 is 0 Å². The Morgan fingerprint density at radius 3 is 2.69 bits per heavy atom. The van der Waals surface area contributed by atoms with Gasteiger partial charge in [0.1, 0.15) is 12.4 Å². The quantitative estimate of drug-likeness (QED) is 0.781. The lowest BCUT2D eigenvalue weighted by Crippen LogP contribution is -2.42. The predicted molar refractivity (Wildman–Crippen MR) is 103 cm³/mol. The second-order valence-electron chi connectivity index (χ2n) is 7.10. The van der Waals surface area contributed by atoms with Crippen molar-refractivity contribution in [3.05, 3.63) is 46.4 Å². The van der Waals surface area contributed by atoms with E-state index in [-0.39, 0.29) is 5.91 Å². The molecule has 0 spiro atoms. The molecule has 6 heteroatoms. The van der Waals surface area contributed by atoms with Crippen LogP contribution in [-0.2, 0) is 6.61 Å². The molecule has 3 heterocycles. The molecule has 2 fully saturated rings. The molecule has 0 radical (unpaired) electrons. The highest BCUT2D eigenvalue weighted by Gasteiger charge is 2.31. The van der Waals surface area contributed by atoms with Gasteiger partial charge in [0.25, 0.3) is 5.91 Å². The van der Waals surface area contributed by atoms with Crippen LogP contribution < -0.4 is 4.74 Å². The second-order valence-corrected chi connectivity index (χ2v) is 7.81. The smallest absolute Gasteiger partial charge is 0.254 e. The minimum Gasteiger partial charge on any atom is -0.487 e. The molecule has 2 aromatic rings. The van der Waals surface area contributed by atoms with E-state index in [1.807, 2.05) is 29.6 Å². The van der Waals surface area contributed by atoms with Gasteiger partial charge in [0, 0.05) is 30.1 Å². The van der Waals surface area contributed by atoms with E-state index in [2.05, 4.69) is 14.8 Å². The van der Waals surface area contributed by atoms with Crippen LogP contribution >= 0.6 is 11.3 Å². The maximum Gasteiger partial charge on any atom is 0.254 e. The summed E-state index contributed by atoms with van der Waals surface area (Å²) in [5.74, 6) is 0.919. The van der Waals surface area contributed by atoms with Gasteiger partial charge in [0.15, 0.2) is 0 Å². The van der Waals surface area contributed by atoms with E-state index in [0.29, 0.717) is 12.6 Å². The van der Waals surface area contributed by atoms with Crippen LogP contribution in [0.2, 0.25) is 0 Å². The Morgan fingerprint density at radius 2 is 1.96 bits per heavy atom. The Hall–Kier alpha value is -1.92. The van der Waals surface area contributed by atoms with Gasteiger partial charge in [-0.1, -0.05) is 0 Å². The zero-order valence-corrected chi connectivity index (χ0v) is 15.8. The van der Waals surface area contributed by atoms with Gasteiger partial charge in [0.05, 0.1) is 11.2 Å². The van der Waals surface area contributed by atoms with Gasteiger partial charge in [-0.15, -0.1) is 11.3 Å². The van der Waals surface area contributed by atoms with E-state index in [1.165, 1.54) is 25.9 Å². The number of thiazole rings is 1. The van der Waals surface area contributed by atoms with Crippen LogP contribution in [0, 0.1) is 0 Å². The summed E-state index contributed by atoms with van der Waals surface area (Å²) >= 11 is 1.56. The van der Waals surface area contributed by atoms with Crippen molar-refractivity contribution in [2.45, 2.75) is 38.3 Å². The lowest BCUT2D eigenvalue weighted by atomic mass is 10.1. The zero-order chi connectivity index (χ0) is 17.8. The molecule has 0 aliphatic carbocycles. The molecule has 0 bridgehead atoms. The first-order valence-electron chi connectivity index (χ1n) is 9.43. The van der Waals surface area contributed by atoms with Crippen LogP contribution in [0.4, 0.5) is 0 Å². The molecule has 1 aromatic heterocycles. The molecule has 1 amide bonds. The molecule has 1 aromatic carbocycles.